The molecule has 0 saturated carbocycles. The highest BCUT2D eigenvalue weighted by Crippen LogP contribution is 2.40. The fraction of sp³-hybridized carbons (Fsp3) is 0.857. The summed E-state index contributed by atoms with van der Waals surface area (Å²) in [4.78, 5) is 19.3. The minimum absolute atomic E-state index is 0.0826. The third kappa shape index (κ3) is 7.96. The lowest BCUT2D eigenvalue weighted by molar-refractivity contribution is -0.134. The van der Waals surface area contributed by atoms with Gasteiger partial charge in [-0.15, -0.1) is 0 Å². The van der Waals surface area contributed by atoms with E-state index in [1.54, 1.807) is 0 Å². The van der Waals surface area contributed by atoms with Crippen molar-refractivity contribution in [3.63, 3.8) is 0 Å². The molecule has 4 N–H and O–H groups in total. The standard InChI is InChI=1S/C7H16NO4P/c8-4-2-1-3-5-13(11,12)6-7(9)10/h1-6,8H2,(H,9,10)(H,11,12). The van der Waals surface area contributed by atoms with E-state index in [2.05, 4.69) is 0 Å². The van der Waals surface area contributed by atoms with Crippen molar-refractivity contribution in [3.8, 4) is 0 Å². The first-order valence-electron chi connectivity index (χ1n) is 4.20. The van der Waals surface area contributed by atoms with E-state index < -0.39 is 19.5 Å². The highest BCUT2D eigenvalue weighted by Gasteiger charge is 2.21. The zero-order chi connectivity index (χ0) is 10.3. The molecule has 0 aliphatic rings. The topological polar surface area (TPSA) is 101 Å². The molecule has 6 heteroatoms. The summed E-state index contributed by atoms with van der Waals surface area (Å²) in [7, 11) is -3.43. The largest absolute Gasteiger partial charge is 0.481 e. The van der Waals surface area contributed by atoms with Crippen molar-refractivity contribution in [1.82, 2.24) is 0 Å². The molecule has 0 aliphatic heterocycles. The van der Waals surface area contributed by atoms with Crippen LogP contribution in [-0.2, 0) is 9.36 Å². The highest BCUT2D eigenvalue weighted by atomic mass is 31.2. The number of aliphatic carboxylic acids is 1. The van der Waals surface area contributed by atoms with Crippen LogP contribution in [0.5, 0.6) is 0 Å². The van der Waals surface area contributed by atoms with Gasteiger partial charge in [-0.2, -0.15) is 0 Å². The van der Waals surface area contributed by atoms with Crippen LogP contribution < -0.4 is 5.73 Å². The molecule has 0 fully saturated rings. The monoisotopic (exact) mass is 209 g/mol. The van der Waals surface area contributed by atoms with Gasteiger partial charge in [-0.25, -0.2) is 0 Å². The summed E-state index contributed by atoms with van der Waals surface area (Å²) < 4.78 is 11.1. The number of unbranched alkanes of at least 4 members (excludes halogenated alkanes) is 2. The van der Waals surface area contributed by atoms with Crippen LogP contribution in [0.4, 0.5) is 0 Å². The van der Waals surface area contributed by atoms with Crippen molar-refractivity contribution < 1.29 is 19.4 Å². The highest BCUT2D eigenvalue weighted by molar-refractivity contribution is 7.58. The average molecular weight is 209 g/mol. The van der Waals surface area contributed by atoms with E-state index in [9.17, 15) is 9.36 Å². The Hall–Kier alpha value is -0.380. The Morgan fingerprint density at radius 1 is 1.31 bits per heavy atom. The van der Waals surface area contributed by atoms with Gasteiger partial charge in [0.05, 0.1) is 0 Å². The molecule has 0 radical (unpaired) electrons. The van der Waals surface area contributed by atoms with Gasteiger partial charge in [0.1, 0.15) is 6.16 Å². The lowest BCUT2D eigenvalue weighted by Crippen LogP contribution is -2.06. The SMILES string of the molecule is NCCCCCP(=O)(O)CC(=O)O. The first kappa shape index (κ1) is 12.6. The van der Waals surface area contributed by atoms with E-state index in [-0.39, 0.29) is 6.16 Å². The molecule has 0 rings (SSSR count). The molecule has 5 nitrogen and oxygen atoms in total. The maximum atomic E-state index is 11.1. The minimum atomic E-state index is -3.43. The fourth-order valence-electron chi connectivity index (χ4n) is 0.970. The average Bonchev–Trinajstić information content (AvgIpc) is 1.95. The second-order valence-electron chi connectivity index (χ2n) is 2.97. The second kappa shape index (κ2) is 6.13. The summed E-state index contributed by atoms with van der Waals surface area (Å²) >= 11 is 0. The lowest BCUT2D eigenvalue weighted by Gasteiger charge is -2.07. The zero-order valence-corrected chi connectivity index (χ0v) is 8.37. The second-order valence-corrected chi connectivity index (χ2v) is 5.43. The number of carboxylic acids is 1. The van der Waals surface area contributed by atoms with Crippen LogP contribution in [0.15, 0.2) is 0 Å². The Balaban J connectivity index is 3.63. The number of hydrogen-bond donors (Lipinski definition) is 3. The van der Waals surface area contributed by atoms with Gasteiger partial charge in [0, 0.05) is 6.16 Å². The Bertz CT molecular complexity index is 207. The molecule has 0 aliphatic carbocycles. The van der Waals surface area contributed by atoms with E-state index in [1.807, 2.05) is 0 Å². The van der Waals surface area contributed by atoms with Gasteiger partial charge >= 0.3 is 5.97 Å². The minimum Gasteiger partial charge on any atom is -0.481 e. The number of carbonyl (C=O) groups is 1. The van der Waals surface area contributed by atoms with Crippen molar-refractivity contribution in [1.29, 1.82) is 0 Å². The molecule has 1 unspecified atom stereocenters. The molecule has 0 aromatic heterocycles. The number of hydrogen-bond acceptors (Lipinski definition) is 3. The van der Waals surface area contributed by atoms with Crippen molar-refractivity contribution in [3.05, 3.63) is 0 Å². The molecule has 0 aromatic carbocycles. The van der Waals surface area contributed by atoms with Gasteiger partial charge in [0.15, 0.2) is 0 Å². The summed E-state index contributed by atoms with van der Waals surface area (Å²) in [5.74, 6) is -1.22. The van der Waals surface area contributed by atoms with Crippen LogP contribution in [0, 0.1) is 0 Å². The molecule has 0 aromatic rings. The third-order valence-electron chi connectivity index (χ3n) is 1.59. The van der Waals surface area contributed by atoms with Gasteiger partial charge in [-0.3, -0.25) is 9.36 Å². The maximum Gasteiger partial charge on any atom is 0.313 e. The summed E-state index contributed by atoms with van der Waals surface area (Å²) in [5.41, 5.74) is 5.23. The lowest BCUT2D eigenvalue weighted by atomic mass is 10.2. The number of carboxylic acid groups (broad SMARTS) is 1. The predicted molar refractivity (Wildman–Crippen MR) is 50.1 cm³/mol. The Labute approximate surface area is 77.4 Å². The van der Waals surface area contributed by atoms with Gasteiger partial charge in [-0.05, 0) is 19.4 Å². The van der Waals surface area contributed by atoms with Gasteiger partial charge < -0.3 is 15.7 Å². The van der Waals surface area contributed by atoms with Crippen LogP contribution in [0.25, 0.3) is 0 Å². The predicted octanol–water partition coefficient (Wildman–Crippen LogP) is 0.470. The Kier molecular flexibility index (Phi) is 5.95. The van der Waals surface area contributed by atoms with Crippen molar-refractivity contribution >= 4 is 13.3 Å². The van der Waals surface area contributed by atoms with Crippen molar-refractivity contribution in [2.45, 2.75) is 19.3 Å². The molecule has 1 atom stereocenters. The van der Waals surface area contributed by atoms with E-state index in [1.165, 1.54) is 0 Å². The summed E-state index contributed by atoms with van der Waals surface area (Å²) in [6.07, 6.45) is 1.61. The molecule has 0 spiro atoms. The Morgan fingerprint density at radius 3 is 2.38 bits per heavy atom. The van der Waals surface area contributed by atoms with E-state index in [0.29, 0.717) is 13.0 Å². The Morgan fingerprint density at radius 2 is 1.92 bits per heavy atom. The third-order valence-corrected chi connectivity index (χ3v) is 3.37. The molecular weight excluding hydrogens is 193 g/mol. The van der Waals surface area contributed by atoms with Crippen LogP contribution in [-0.4, -0.2) is 34.8 Å². The molecular formula is C7H16NO4P. The summed E-state index contributed by atoms with van der Waals surface area (Å²) in [5, 5.41) is 8.30. The summed E-state index contributed by atoms with van der Waals surface area (Å²) in [6, 6.07) is 0. The summed E-state index contributed by atoms with van der Waals surface area (Å²) in [6.45, 7) is 0.564. The van der Waals surface area contributed by atoms with Gasteiger partial charge in [0.2, 0.25) is 7.37 Å². The van der Waals surface area contributed by atoms with Crippen LogP contribution in [0.3, 0.4) is 0 Å². The first-order valence-corrected chi connectivity index (χ1v) is 6.23. The smallest absolute Gasteiger partial charge is 0.313 e. The van der Waals surface area contributed by atoms with E-state index >= 15 is 0 Å². The molecule has 0 heterocycles. The van der Waals surface area contributed by atoms with Gasteiger partial charge in [-0.1, -0.05) is 6.42 Å². The van der Waals surface area contributed by atoms with Gasteiger partial charge in [0.25, 0.3) is 0 Å². The van der Waals surface area contributed by atoms with Crippen molar-refractivity contribution in [2.24, 2.45) is 5.73 Å². The molecule has 0 amide bonds. The number of nitrogens with two attached hydrogens (primary N) is 1. The van der Waals surface area contributed by atoms with Crippen molar-refractivity contribution in [2.75, 3.05) is 18.9 Å². The van der Waals surface area contributed by atoms with E-state index in [0.717, 1.165) is 12.8 Å². The molecule has 0 saturated heterocycles. The first-order chi connectivity index (χ1) is 5.98. The molecule has 0 bridgehead atoms. The molecule has 78 valence electrons. The fourth-order valence-corrected chi connectivity index (χ4v) is 2.27. The zero-order valence-electron chi connectivity index (χ0n) is 7.48. The number of rotatable bonds is 7. The van der Waals surface area contributed by atoms with E-state index in [4.69, 9.17) is 15.7 Å². The van der Waals surface area contributed by atoms with Crippen LogP contribution in [0.2, 0.25) is 0 Å². The van der Waals surface area contributed by atoms with Crippen LogP contribution in [0.1, 0.15) is 19.3 Å². The maximum absolute atomic E-state index is 11.1. The normalized spacial score (nSPS) is 15.2. The van der Waals surface area contributed by atoms with Crippen LogP contribution >= 0.6 is 7.37 Å². The quantitative estimate of drug-likeness (QED) is 0.418. The molecule has 13 heavy (non-hydrogen) atoms.